The van der Waals surface area contributed by atoms with Gasteiger partial charge in [-0.25, -0.2) is 0 Å². The fourth-order valence-electron chi connectivity index (χ4n) is 1.46. The van der Waals surface area contributed by atoms with E-state index >= 15 is 0 Å². The predicted molar refractivity (Wildman–Crippen MR) is 76.1 cm³/mol. The van der Waals surface area contributed by atoms with Crippen molar-refractivity contribution in [1.29, 1.82) is 0 Å². The van der Waals surface area contributed by atoms with E-state index in [2.05, 4.69) is 29.5 Å². The van der Waals surface area contributed by atoms with Crippen molar-refractivity contribution in [3.63, 3.8) is 0 Å². The van der Waals surface area contributed by atoms with E-state index in [4.69, 9.17) is 4.74 Å². The Labute approximate surface area is 109 Å². The molecule has 0 amide bonds. The Bertz CT molecular complexity index is 373. The smallest absolute Gasteiger partial charge is 0.191 e. The summed E-state index contributed by atoms with van der Waals surface area (Å²) in [4.78, 5) is 4.19. The highest BCUT2D eigenvalue weighted by atomic mass is 16.5. The van der Waals surface area contributed by atoms with E-state index in [1.807, 2.05) is 24.3 Å². The standard InChI is InChI=1S/C14H23N3O/c1-5-11(2)17-14(15-3)16-10-12-6-8-13(18-4)9-7-12/h6-9,11H,5,10H2,1-4H3,(H2,15,16,17). The van der Waals surface area contributed by atoms with Crippen LogP contribution in [0.5, 0.6) is 5.75 Å². The molecule has 4 nitrogen and oxygen atoms in total. The molecule has 0 saturated carbocycles. The molecule has 4 heteroatoms. The van der Waals surface area contributed by atoms with Gasteiger partial charge >= 0.3 is 0 Å². The van der Waals surface area contributed by atoms with Crippen LogP contribution in [0, 0.1) is 0 Å². The molecule has 0 saturated heterocycles. The Morgan fingerprint density at radius 1 is 1.33 bits per heavy atom. The highest BCUT2D eigenvalue weighted by Crippen LogP contribution is 2.10. The first kappa shape index (κ1) is 14.4. The highest BCUT2D eigenvalue weighted by Gasteiger charge is 2.02. The van der Waals surface area contributed by atoms with Crippen LogP contribution in [0.15, 0.2) is 29.3 Å². The minimum atomic E-state index is 0.423. The van der Waals surface area contributed by atoms with Crippen LogP contribution in [0.25, 0.3) is 0 Å². The van der Waals surface area contributed by atoms with Crippen molar-refractivity contribution in [1.82, 2.24) is 10.6 Å². The maximum absolute atomic E-state index is 5.13. The quantitative estimate of drug-likeness (QED) is 0.621. The van der Waals surface area contributed by atoms with Crippen molar-refractivity contribution in [2.24, 2.45) is 4.99 Å². The summed E-state index contributed by atoms with van der Waals surface area (Å²) in [6.07, 6.45) is 1.07. The first-order chi connectivity index (χ1) is 8.69. The summed E-state index contributed by atoms with van der Waals surface area (Å²) in [5.74, 6) is 1.71. The molecule has 18 heavy (non-hydrogen) atoms. The van der Waals surface area contributed by atoms with Crippen molar-refractivity contribution < 1.29 is 4.74 Å². The van der Waals surface area contributed by atoms with E-state index in [0.29, 0.717) is 6.04 Å². The van der Waals surface area contributed by atoms with Gasteiger partial charge in [0.2, 0.25) is 0 Å². The van der Waals surface area contributed by atoms with E-state index in [1.54, 1.807) is 14.2 Å². The molecule has 0 aliphatic heterocycles. The van der Waals surface area contributed by atoms with Gasteiger partial charge in [-0.05, 0) is 31.0 Å². The summed E-state index contributed by atoms with van der Waals surface area (Å²) in [5, 5.41) is 6.61. The van der Waals surface area contributed by atoms with Crippen LogP contribution in [0.2, 0.25) is 0 Å². The second-order valence-electron chi connectivity index (χ2n) is 4.23. The van der Waals surface area contributed by atoms with Gasteiger partial charge in [-0.2, -0.15) is 0 Å². The van der Waals surface area contributed by atoms with E-state index < -0.39 is 0 Å². The molecular weight excluding hydrogens is 226 g/mol. The molecule has 1 aromatic carbocycles. The van der Waals surface area contributed by atoms with Crippen LogP contribution < -0.4 is 15.4 Å². The summed E-state index contributed by atoms with van der Waals surface area (Å²) in [5.41, 5.74) is 1.20. The van der Waals surface area contributed by atoms with Crippen molar-refractivity contribution >= 4 is 5.96 Å². The zero-order chi connectivity index (χ0) is 13.4. The topological polar surface area (TPSA) is 45.7 Å². The minimum Gasteiger partial charge on any atom is -0.497 e. The normalized spacial score (nSPS) is 13.0. The number of nitrogens with one attached hydrogen (secondary N) is 2. The summed E-state index contributed by atoms with van der Waals surface area (Å²) < 4.78 is 5.13. The Hall–Kier alpha value is -1.71. The van der Waals surface area contributed by atoms with Crippen LogP contribution in [-0.4, -0.2) is 26.2 Å². The lowest BCUT2D eigenvalue weighted by molar-refractivity contribution is 0.414. The zero-order valence-electron chi connectivity index (χ0n) is 11.7. The zero-order valence-corrected chi connectivity index (χ0v) is 11.7. The number of aliphatic imine (C=N–C) groups is 1. The summed E-state index contributed by atoms with van der Waals surface area (Å²) in [6.45, 7) is 5.04. The molecule has 2 N–H and O–H groups in total. The van der Waals surface area contributed by atoms with Crippen LogP contribution >= 0.6 is 0 Å². The lowest BCUT2D eigenvalue weighted by Crippen LogP contribution is -2.41. The van der Waals surface area contributed by atoms with Gasteiger partial charge in [0.1, 0.15) is 5.75 Å². The third kappa shape index (κ3) is 4.65. The Balaban J connectivity index is 2.47. The van der Waals surface area contributed by atoms with Crippen LogP contribution in [0.1, 0.15) is 25.8 Å². The van der Waals surface area contributed by atoms with Gasteiger partial charge in [0.05, 0.1) is 7.11 Å². The molecule has 1 aromatic rings. The fourth-order valence-corrected chi connectivity index (χ4v) is 1.46. The highest BCUT2D eigenvalue weighted by molar-refractivity contribution is 5.79. The third-order valence-corrected chi connectivity index (χ3v) is 2.84. The lowest BCUT2D eigenvalue weighted by atomic mass is 10.2. The van der Waals surface area contributed by atoms with E-state index in [-0.39, 0.29) is 0 Å². The largest absolute Gasteiger partial charge is 0.497 e. The monoisotopic (exact) mass is 249 g/mol. The molecule has 0 aliphatic rings. The molecule has 0 aliphatic carbocycles. The first-order valence-electron chi connectivity index (χ1n) is 6.29. The first-order valence-corrected chi connectivity index (χ1v) is 6.29. The second-order valence-corrected chi connectivity index (χ2v) is 4.23. The molecule has 0 fully saturated rings. The maximum Gasteiger partial charge on any atom is 0.191 e. The van der Waals surface area contributed by atoms with Crippen LogP contribution in [-0.2, 0) is 6.54 Å². The molecular formula is C14H23N3O. The molecule has 1 rings (SSSR count). The van der Waals surface area contributed by atoms with Gasteiger partial charge in [-0.3, -0.25) is 4.99 Å². The van der Waals surface area contributed by atoms with Gasteiger partial charge in [-0.1, -0.05) is 19.1 Å². The Kier molecular flexibility index (Phi) is 6.05. The summed E-state index contributed by atoms with van der Waals surface area (Å²) >= 11 is 0. The fraction of sp³-hybridized carbons (Fsp3) is 0.500. The van der Waals surface area contributed by atoms with Gasteiger partial charge in [0, 0.05) is 19.6 Å². The molecule has 0 bridgehead atoms. The maximum atomic E-state index is 5.13. The number of benzene rings is 1. The van der Waals surface area contributed by atoms with Crippen LogP contribution in [0.4, 0.5) is 0 Å². The minimum absolute atomic E-state index is 0.423. The van der Waals surface area contributed by atoms with E-state index in [1.165, 1.54) is 5.56 Å². The SMILES string of the molecule is CCC(C)NC(=NC)NCc1ccc(OC)cc1. The van der Waals surface area contributed by atoms with Gasteiger partial charge < -0.3 is 15.4 Å². The van der Waals surface area contributed by atoms with Crippen LogP contribution in [0.3, 0.4) is 0 Å². The Morgan fingerprint density at radius 2 is 2.00 bits per heavy atom. The molecule has 0 aromatic heterocycles. The molecule has 0 heterocycles. The van der Waals surface area contributed by atoms with Gasteiger partial charge in [-0.15, -0.1) is 0 Å². The van der Waals surface area contributed by atoms with Crippen molar-refractivity contribution in [3.8, 4) is 5.75 Å². The molecule has 0 spiro atoms. The Morgan fingerprint density at radius 3 is 2.50 bits per heavy atom. The second kappa shape index (κ2) is 7.58. The summed E-state index contributed by atoms with van der Waals surface area (Å²) in [7, 11) is 3.46. The van der Waals surface area contributed by atoms with Crippen molar-refractivity contribution in [2.45, 2.75) is 32.9 Å². The van der Waals surface area contributed by atoms with Gasteiger partial charge in [0.25, 0.3) is 0 Å². The number of nitrogens with zero attached hydrogens (tertiary/aromatic N) is 1. The number of methoxy groups -OCH3 is 1. The summed E-state index contributed by atoms with van der Waals surface area (Å²) in [6, 6.07) is 8.43. The average Bonchev–Trinajstić information content (AvgIpc) is 2.43. The predicted octanol–water partition coefficient (Wildman–Crippen LogP) is 2.16. The van der Waals surface area contributed by atoms with Crippen molar-refractivity contribution in [3.05, 3.63) is 29.8 Å². The van der Waals surface area contributed by atoms with E-state index in [0.717, 1.165) is 24.7 Å². The lowest BCUT2D eigenvalue weighted by Gasteiger charge is -2.16. The molecule has 1 atom stereocenters. The number of ether oxygens (including phenoxy) is 1. The van der Waals surface area contributed by atoms with Gasteiger partial charge in [0.15, 0.2) is 5.96 Å². The van der Waals surface area contributed by atoms with E-state index in [9.17, 15) is 0 Å². The number of hydrogen-bond donors (Lipinski definition) is 2. The third-order valence-electron chi connectivity index (χ3n) is 2.84. The number of guanidine groups is 1. The number of rotatable bonds is 5. The average molecular weight is 249 g/mol. The molecule has 100 valence electrons. The molecule has 0 radical (unpaired) electrons. The number of hydrogen-bond acceptors (Lipinski definition) is 2. The molecule has 1 unspecified atom stereocenters. The van der Waals surface area contributed by atoms with Crippen molar-refractivity contribution in [2.75, 3.05) is 14.2 Å².